The maximum absolute atomic E-state index is 10.4. The van der Waals surface area contributed by atoms with E-state index in [4.69, 9.17) is 11.6 Å². The number of benzene rings is 1. The molecule has 0 saturated heterocycles. The summed E-state index contributed by atoms with van der Waals surface area (Å²) in [6, 6.07) is 10.9. The summed E-state index contributed by atoms with van der Waals surface area (Å²) in [5.74, 6) is 0.484. The lowest BCUT2D eigenvalue weighted by atomic mass is 10.2. The molecule has 2 aromatic heterocycles. The topological polar surface area (TPSA) is 50.9 Å². The molecular weight excluding hydrogens is 274 g/mol. The van der Waals surface area contributed by atoms with Gasteiger partial charge in [0, 0.05) is 28.5 Å². The number of halogens is 1. The zero-order valence-electron chi connectivity index (χ0n) is 10.8. The minimum absolute atomic E-state index is 0.484. The van der Waals surface area contributed by atoms with Crippen LogP contribution in [-0.2, 0) is 0 Å². The molecule has 0 unspecified atom stereocenters. The average Bonchev–Trinajstić information content (AvgIpc) is 2.76. The molecule has 0 spiro atoms. The number of aryl methyl sites for hydroxylation is 1. The first kappa shape index (κ1) is 12.7. The Bertz CT molecular complexity index is 736. The van der Waals surface area contributed by atoms with E-state index in [1.165, 1.54) is 0 Å². The second-order valence-corrected chi connectivity index (χ2v) is 4.87. The van der Waals surface area contributed by atoms with Gasteiger partial charge in [-0.25, -0.2) is 4.98 Å². The Hall–Kier alpha value is -2.33. The third-order valence-corrected chi connectivity index (χ3v) is 3.32. The van der Waals surface area contributed by atoms with E-state index >= 15 is 0 Å². The van der Waals surface area contributed by atoms with Gasteiger partial charge in [-0.1, -0.05) is 11.6 Å². The molecule has 0 amide bonds. The second-order valence-electron chi connectivity index (χ2n) is 4.43. The van der Waals surface area contributed by atoms with E-state index in [-0.39, 0.29) is 0 Å². The van der Waals surface area contributed by atoms with E-state index in [1.54, 1.807) is 24.5 Å². The van der Waals surface area contributed by atoms with Crippen LogP contribution in [0, 0.1) is 6.92 Å². The highest BCUT2D eigenvalue weighted by Crippen LogP contribution is 2.28. The van der Waals surface area contributed by atoms with E-state index in [1.807, 2.05) is 31.2 Å². The van der Waals surface area contributed by atoms with Crippen molar-refractivity contribution in [2.75, 3.05) is 0 Å². The molecule has 0 fully saturated rings. The molecule has 100 valence electrons. The van der Waals surface area contributed by atoms with Gasteiger partial charge in [0.1, 0.15) is 5.69 Å². The van der Waals surface area contributed by atoms with Crippen molar-refractivity contribution >= 4 is 11.6 Å². The van der Waals surface area contributed by atoms with Crippen LogP contribution >= 0.6 is 11.6 Å². The van der Waals surface area contributed by atoms with Crippen LogP contribution in [0.15, 0.2) is 48.8 Å². The predicted octanol–water partition coefficient (Wildman–Crippen LogP) is 3.81. The van der Waals surface area contributed by atoms with E-state index in [9.17, 15) is 5.21 Å². The normalized spacial score (nSPS) is 10.7. The Labute approximate surface area is 121 Å². The molecule has 0 bridgehead atoms. The zero-order valence-corrected chi connectivity index (χ0v) is 11.5. The van der Waals surface area contributed by atoms with Gasteiger partial charge in [-0.2, -0.15) is 4.73 Å². The van der Waals surface area contributed by atoms with Gasteiger partial charge in [0.15, 0.2) is 5.82 Å². The summed E-state index contributed by atoms with van der Waals surface area (Å²) in [5, 5.41) is 11.0. The number of aromatic nitrogens is 3. The van der Waals surface area contributed by atoms with Crippen molar-refractivity contribution in [3.05, 3.63) is 59.5 Å². The highest BCUT2D eigenvalue weighted by molar-refractivity contribution is 6.30. The van der Waals surface area contributed by atoms with Crippen molar-refractivity contribution < 1.29 is 5.21 Å². The SMILES string of the molecule is Cc1nc(-c2ccc(Cl)cc2)n(O)c1-c1cccnc1. The van der Waals surface area contributed by atoms with Gasteiger partial charge in [0.2, 0.25) is 0 Å². The van der Waals surface area contributed by atoms with Crippen LogP contribution in [0.25, 0.3) is 22.6 Å². The zero-order chi connectivity index (χ0) is 14.1. The number of rotatable bonds is 2. The maximum atomic E-state index is 10.4. The van der Waals surface area contributed by atoms with Crippen molar-refractivity contribution in [3.8, 4) is 22.6 Å². The predicted molar refractivity (Wildman–Crippen MR) is 77.8 cm³/mol. The Balaban J connectivity index is 2.14. The monoisotopic (exact) mass is 285 g/mol. The van der Waals surface area contributed by atoms with Crippen molar-refractivity contribution in [3.63, 3.8) is 0 Å². The summed E-state index contributed by atoms with van der Waals surface area (Å²) < 4.78 is 1.09. The number of hydrogen-bond donors (Lipinski definition) is 1. The molecular formula is C15H12ClN3O. The lowest BCUT2D eigenvalue weighted by Crippen LogP contribution is -1.97. The highest BCUT2D eigenvalue weighted by atomic mass is 35.5. The van der Waals surface area contributed by atoms with Gasteiger partial charge in [0.05, 0.1) is 5.69 Å². The van der Waals surface area contributed by atoms with Crippen molar-refractivity contribution in [1.29, 1.82) is 0 Å². The molecule has 0 aliphatic carbocycles. The van der Waals surface area contributed by atoms with Crippen LogP contribution in [0.4, 0.5) is 0 Å². The molecule has 5 heteroatoms. The Morgan fingerprint density at radius 1 is 1.10 bits per heavy atom. The third kappa shape index (κ3) is 2.14. The highest BCUT2D eigenvalue weighted by Gasteiger charge is 2.16. The summed E-state index contributed by atoms with van der Waals surface area (Å²) in [6.07, 6.45) is 3.39. The van der Waals surface area contributed by atoms with Crippen LogP contribution in [0.2, 0.25) is 5.02 Å². The smallest absolute Gasteiger partial charge is 0.176 e. The van der Waals surface area contributed by atoms with Crippen molar-refractivity contribution in [2.45, 2.75) is 6.92 Å². The summed E-state index contributed by atoms with van der Waals surface area (Å²) in [6.45, 7) is 1.86. The molecule has 20 heavy (non-hydrogen) atoms. The fourth-order valence-corrected chi connectivity index (χ4v) is 2.26. The molecule has 1 aromatic carbocycles. The van der Waals surface area contributed by atoms with Crippen molar-refractivity contribution in [2.24, 2.45) is 0 Å². The average molecular weight is 286 g/mol. The fourth-order valence-electron chi connectivity index (χ4n) is 2.14. The molecule has 4 nitrogen and oxygen atoms in total. The van der Waals surface area contributed by atoms with Gasteiger partial charge in [0.25, 0.3) is 0 Å². The summed E-state index contributed by atoms with van der Waals surface area (Å²) in [5.41, 5.74) is 3.00. The Kier molecular flexibility index (Phi) is 3.16. The molecule has 3 aromatic rings. The Morgan fingerprint density at radius 3 is 2.50 bits per heavy atom. The van der Waals surface area contributed by atoms with Gasteiger partial charge in [-0.15, -0.1) is 0 Å². The number of imidazole rings is 1. The number of nitrogens with zero attached hydrogens (tertiary/aromatic N) is 3. The van der Waals surface area contributed by atoms with Crippen LogP contribution in [-0.4, -0.2) is 19.9 Å². The molecule has 0 radical (unpaired) electrons. The molecule has 0 aliphatic heterocycles. The molecule has 0 saturated carbocycles. The standard InChI is InChI=1S/C15H12ClN3O/c1-10-14(12-3-2-8-17-9-12)19(20)15(18-10)11-4-6-13(16)7-5-11/h2-9,20H,1H3. The largest absolute Gasteiger partial charge is 0.426 e. The first-order chi connectivity index (χ1) is 9.66. The van der Waals surface area contributed by atoms with Crippen LogP contribution in [0.1, 0.15) is 5.69 Å². The fraction of sp³-hybridized carbons (Fsp3) is 0.0667. The molecule has 1 N–H and O–H groups in total. The van der Waals surface area contributed by atoms with Gasteiger partial charge in [-0.3, -0.25) is 4.98 Å². The number of hydrogen-bond acceptors (Lipinski definition) is 3. The minimum atomic E-state index is 0.484. The quantitative estimate of drug-likeness (QED) is 0.728. The van der Waals surface area contributed by atoms with E-state index in [0.29, 0.717) is 16.5 Å². The summed E-state index contributed by atoms with van der Waals surface area (Å²) in [4.78, 5) is 8.50. The van der Waals surface area contributed by atoms with Crippen molar-refractivity contribution in [1.82, 2.24) is 14.7 Å². The first-order valence-corrected chi connectivity index (χ1v) is 6.49. The van der Waals surface area contributed by atoms with Gasteiger partial charge < -0.3 is 5.21 Å². The van der Waals surface area contributed by atoms with Crippen LogP contribution < -0.4 is 0 Å². The van der Waals surface area contributed by atoms with Crippen LogP contribution in [0.5, 0.6) is 0 Å². The van der Waals surface area contributed by atoms with Gasteiger partial charge in [-0.05, 0) is 43.3 Å². The van der Waals surface area contributed by atoms with Gasteiger partial charge >= 0.3 is 0 Å². The second kappa shape index (κ2) is 4.98. The molecule has 0 atom stereocenters. The number of pyridine rings is 1. The molecule has 0 aliphatic rings. The lowest BCUT2D eigenvalue weighted by Gasteiger charge is -2.04. The van der Waals surface area contributed by atoms with E-state index in [2.05, 4.69) is 9.97 Å². The maximum Gasteiger partial charge on any atom is 0.176 e. The van der Waals surface area contributed by atoms with E-state index < -0.39 is 0 Å². The summed E-state index contributed by atoms with van der Waals surface area (Å²) in [7, 11) is 0. The first-order valence-electron chi connectivity index (χ1n) is 6.12. The molecule has 3 rings (SSSR count). The minimum Gasteiger partial charge on any atom is -0.426 e. The Morgan fingerprint density at radius 2 is 1.85 bits per heavy atom. The van der Waals surface area contributed by atoms with E-state index in [0.717, 1.165) is 21.6 Å². The molecule has 2 heterocycles. The summed E-state index contributed by atoms with van der Waals surface area (Å²) >= 11 is 5.87. The third-order valence-electron chi connectivity index (χ3n) is 3.07. The lowest BCUT2D eigenvalue weighted by molar-refractivity contribution is 0.195. The van der Waals surface area contributed by atoms with Crippen LogP contribution in [0.3, 0.4) is 0 Å².